The maximum atomic E-state index is 12.7. The third-order valence-corrected chi connectivity index (χ3v) is 7.81. The molecule has 160 valence electrons. The molecule has 1 aliphatic carbocycles. The van der Waals surface area contributed by atoms with Gasteiger partial charge >= 0.3 is 0 Å². The molecule has 1 amide bonds. The van der Waals surface area contributed by atoms with Crippen LogP contribution in [0.3, 0.4) is 0 Å². The van der Waals surface area contributed by atoms with E-state index in [1.807, 2.05) is 0 Å². The molecule has 1 N–H and O–H groups in total. The molecule has 30 heavy (non-hydrogen) atoms. The summed E-state index contributed by atoms with van der Waals surface area (Å²) in [5, 5.41) is 7.15. The van der Waals surface area contributed by atoms with Crippen LogP contribution in [0, 0.1) is 5.92 Å². The Kier molecular flexibility index (Phi) is 5.75. The van der Waals surface area contributed by atoms with Gasteiger partial charge in [0.05, 0.1) is 10.6 Å². The largest absolute Gasteiger partial charge is 0.326 e. The summed E-state index contributed by atoms with van der Waals surface area (Å²) in [6, 6.07) is 7.90. The van der Waals surface area contributed by atoms with Crippen molar-refractivity contribution in [1.82, 2.24) is 14.1 Å². The summed E-state index contributed by atoms with van der Waals surface area (Å²) in [6.45, 7) is 1.11. The number of nitrogens with one attached hydrogen (secondary N) is 1. The first-order chi connectivity index (χ1) is 14.3. The number of amides is 1. The van der Waals surface area contributed by atoms with E-state index in [2.05, 4.69) is 10.4 Å². The third-order valence-electron chi connectivity index (χ3n) is 5.90. The van der Waals surface area contributed by atoms with E-state index in [1.54, 1.807) is 37.4 Å². The minimum Gasteiger partial charge on any atom is -0.326 e. The van der Waals surface area contributed by atoms with Gasteiger partial charge in [-0.25, -0.2) is 13.1 Å². The van der Waals surface area contributed by atoms with Crippen LogP contribution in [0.1, 0.15) is 36.9 Å². The predicted octanol–water partition coefficient (Wildman–Crippen LogP) is 1.70. The summed E-state index contributed by atoms with van der Waals surface area (Å²) < 4.78 is 28.3. The molecule has 0 spiro atoms. The van der Waals surface area contributed by atoms with Gasteiger partial charge < -0.3 is 5.32 Å². The molecule has 0 bridgehead atoms. The van der Waals surface area contributed by atoms with E-state index in [-0.39, 0.29) is 22.3 Å². The number of anilines is 1. The Balaban J connectivity index is 1.43. The second-order valence-corrected chi connectivity index (χ2v) is 9.93. The summed E-state index contributed by atoms with van der Waals surface area (Å²) in [5.41, 5.74) is 2.08. The standard InChI is InChI=1S/C21H26N4O4S/c1-24-20(26)14-16-13-15(5-10-19(16)23-24)21(27)22-17-6-8-18(9-7-17)30(28,29)25-11-3-2-4-12-25/h6-9,14-15H,2-5,10-13H2,1H3,(H,22,27). The maximum absolute atomic E-state index is 12.7. The first-order valence-electron chi connectivity index (χ1n) is 10.3. The number of piperidine rings is 1. The molecule has 1 aliphatic heterocycles. The molecule has 2 aromatic rings. The number of aryl methyl sites for hydroxylation is 2. The highest BCUT2D eigenvalue weighted by atomic mass is 32.2. The van der Waals surface area contributed by atoms with Gasteiger partial charge in [0.25, 0.3) is 5.56 Å². The minimum absolute atomic E-state index is 0.132. The fourth-order valence-electron chi connectivity index (χ4n) is 4.12. The van der Waals surface area contributed by atoms with Crippen molar-refractivity contribution in [2.75, 3.05) is 18.4 Å². The number of hydrogen-bond donors (Lipinski definition) is 1. The summed E-state index contributed by atoms with van der Waals surface area (Å²) in [4.78, 5) is 24.8. The predicted molar refractivity (Wildman–Crippen MR) is 113 cm³/mol. The minimum atomic E-state index is -3.49. The van der Waals surface area contributed by atoms with Gasteiger partial charge in [0.1, 0.15) is 0 Å². The lowest BCUT2D eigenvalue weighted by Crippen LogP contribution is -2.35. The van der Waals surface area contributed by atoms with E-state index in [0.29, 0.717) is 38.0 Å². The van der Waals surface area contributed by atoms with Crippen molar-refractivity contribution in [1.29, 1.82) is 0 Å². The molecule has 1 aromatic heterocycles. The molecule has 1 saturated heterocycles. The quantitative estimate of drug-likeness (QED) is 0.796. The number of sulfonamides is 1. The molecule has 2 aliphatic rings. The van der Waals surface area contributed by atoms with E-state index < -0.39 is 10.0 Å². The van der Waals surface area contributed by atoms with Crippen molar-refractivity contribution >= 4 is 21.6 Å². The zero-order valence-corrected chi connectivity index (χ0v) is 17.8. The highest BCUT2D eigenvalue weighted by Gasteiger charge is 2.28. The Morgan fingerprint density at radius 2 is 1.83 bits per heavy atom. The molecule has 2 heterocycles. The molecule has 4 rings (SSSR count). The third kappa shape index (κ3) is 4.17. The van der Waals surface area contributed by atoms with Crippen molar-refractivity contribution < 1.29 is 13.2 Å². The Morgan fingerprint density at radius 1 is 1.13 bits per heavy atom. The summed E-state index contributed by atoms with van der Waals surface area (Å²) in [6.07, 6.45) is 4.62. The number of aromatic nitrogens is 2. The molecule has 1 fully saturated rings. The summed E-state index contributed by atoms with van der Waals surface area (Å²) in [7, 11) is -1.87. The van der Waals surface area contributed by atoms with Crippen molar-refractivity contribution in [2.45, 2.75) is 43.4 Å². The van der Waals surface area contributed by atoms with Crippen molar-refractivity contribution in [3.8, 4) is 0 Å². The van der Waals surface area contributed by atoms with E-state index in [4.69, 9.17) is 0 Å². The van der Waals surface area contributed by atoms with Crippen LogP contribution in [-0.4, -0.2) is 41.5 Å². The van der Waals surface area contributed by atoms with Crippen LogP contribution in [0.25, 0.3) is 0 Å². The lowest BCUT2D eigenvalue weighted by Gasteiger charge is -2.26. The van der Waals surface area contributed by atoms with Gasteiger partial charge in [-0.3, -0.25) is 9.59 Å². The number of fused-ring (bicyclic) bond motifs is 1. The van der Waals surface area contributed by atoms with Gasteiger partial charge in [0.2, 0.25) is 15.9 Å². The van der Waals surface area contributed by atoms with Gasteiger partial charge in [-0.15, -0.1) is 0 Å². The van der Waals surface area contributed by atoms with Crippen LogP contribution in [0.5, 0.6) is 0 Å². The van der Waals surface area contributed by atoms with Gasteiger partial charge in [-0.05, 0) is 61.9 Å². The summed E-state index contributed by atoms with van der Waals surface area (Å²) in [5.74, 6) is -0.379. The van der Waals surface area contributed by atoms with E-state index in [0.717, 1.165) is 30.5 Å². The molecule has 1 unspecified atom stereocenters. The van der Waals surface area contributed by atoms with Crippen molar-refractivity contribution in [3.05, 3.63) is 51.9 Å². The Morgan fingerprint density at radius 3 is 2.53 bits per heavy atom. The molecule has 1 atom stereocenters. The topological polar surface area (TPSA) is 101 Å². The number of rotatable bonds is 4. The number of benzene rings is 1. The Labute approximate surface area is 176 Å². The normalized spacial score (nSPS) is 19.8. The van der Waals surface area contributed by atoms with Crippen LogP contribution in [0.2, 0.25) is 0 Å². The number of nitrogens with zero attached hydrogens (tertiary/aromatic N) is 3. The van der Waals surface area contributed by atoms with Crippen LogP contribution in [0.4, 0.5) is 5.69 Å². The second-order valence-electron chi connectivity index (χ2n) is 8.00. The van der Waals surface area contributed by atoms with Gasteiger partial charge in [0.15, 0.2) is 0 Å². The lowest BCUT2D eigenvalue weighted by atomic mass is 9.86. The van der Waals surface area contributed by atoms with Gasteiger partial charge in [-0.1, -0.05) is 6.42 Å². The molecule has 9 heteroatoms. The number of carbonyl (C=O) groups is 1. The van der Waals surface area contributed by atoms with Crippen LogP contribution in [0.15, 0.2) is 40.0 Å². The molecule has 0 saturated carbocycles. The average Bonchev–Trinajstić information content (AvgIpc) is 2.75. The van der Waals surface area contributed by atoms with E-state index in [1.165, 1.54) is 8.99 Å². The SMILES string of the molecule is Cn1nc2c(cc1=O)CC(C(=O)Nc1ccc(S(=O)(=O)N3CCCCC3)cc1)CC2. The highest BCUT2D eigenvalue weighted by molar-refractivity contribution is 7.89. The smallest absolute Gasteiger partial charge is 0.266 e. The first kappa shape index (κ1) is 20.7. The van der Waals surface area contributed by atoms with Crippen molar-refractivity contribution in [3.63, 3.8) is 0 Å². The lowest BCUT2D eigenvalue weighted by molar-refractivity contribution is -0.120. The zero-order chi connectivity index (χ0) is 21.3. The fraction of sp³-hybridized carbons (Fsp3) is 0.476. The molecular weight excluding hydrogens is 404 g/mol. The Hall–Kier alpha value is -2.52. The maximum Gasteiger partial charge on any atom is 0.266 e. The molecule has 8 nitrogen and oxygen atoms in total. The average molecular weight is 431 g/mol. The van der Waals surface area contributed by atoms with E-state index in [9.17, 15) is 18.0 Å². The van der Waals surface area contributed by atoms with Crippen LogP contribution >= 0.6 is 0 Å². The monoisotopic (exact) mass is 430 g/mol. The molecule has 0 radical (unpaired) electrons. The Bertz CT molecular complexity index is 1100. The van der Waals surface area contributed by atoms with Gasteiger partial charge in [0, 0.05) is 37.8 Å². The highest BCUT2D eigenvalue weighted by Crippen LogP contribution is 2.25. The number of carbonyl (C=O) groups excluding carboxylic acids is 1. The van der Waals surface area contributed by atoms with Crippen LogP contribution in [-0.2, 0) is 34.7 Å². The van der Waals surface area contributed by atoms with Crippen LogP contribution < -0.4 is 10.9 Å². The molecular formula is C21H26N4O4S. The molecule has 1 aromatic carbocycles. The first-order valence-corrected chi connectivity index (χ1v) is 11.8. The van der Waals surface area contributed by atoms with Crippen molar-refractivity contribution in [2.24, 2.45) is 13.0 Å². The fourth-order valence-corrected chi connectivity index (χ4v) is 5.64. The van der Waals surface area contributed by atoms with Gasteiger partial charge in [-0.2, -0.15) is 9.40 Å². The summed E-state index contributed by atoms with van der Waals surface area (Å²) >= 11 is 0. The second kappa shape index (κ2) is 8.31. The van der Waals surface area contributed by atoms with E-state index >= 15 is 0 Å². The number of hydrogen-bond acceptors (Lipinski definition) is 5. The zero-order valence-electron chi connectivity index (χ0n) is 17.0.